The summed E-state index contributed by atoms with van der Waals surface area (Å²) in [7, 11) is -6.77. The van der Waals surface area contributed by atoms with E-state index in [0.717, 1.165) is 6.92 Å². The molecule has 1 atom stereocenters. The van der Waals surface area contributed by atoms with Gasteiger partial charge in [0.25, 0.3) is 20.0 Å². The Balaban J connectivity index is 2.19. The number of methoxy groups -OCH3 is 1. The highest BCUT2D eigenvalue weighted by Crippen LogP contribution is 2.40. The third-order valence-electron chi connectivity index (χ3n) is 4.83. The maximum atomic E-state index is 13.1. The Hall–Kier alpha value is -1.91. The summed E-state index contributed by atoms with van der Waals surface area (Å²) in [6.45, 7) is 3.75. The molecule has 15 heteroatoms. The smallest absolute Gasteiger partial charge is 0.303 e. The molecule has 0 fully saturated rings. The van der Waals surface area contributed by atoms with Crippen LogP contribution in [0, 0.1) is 0 Å². The van der Waals surface area contributed by atoms with E-state index in [1.807, 2.05) is 11.6 Å². The topological polar surface area (TPSA) is 165 Å². The number of carbonyl (C=O) groups excluding carboxylic acids is 3. The number of ketones is 1. The quantitative estimate of drug-likeness (QED) is 0.260. The maximum Gasteiger partial charge on any atom is 0.303 e. The zero-order chi connectivity index (χ0) is 25.5. The van der Waals surface area contributed by atoms with E-state index >= 15 is 0 Å². The summed E-state index contributed by atoms with van der Waals surface area (Å²) in [5.41, 5.74) is 0.333. The number of sulfonamides is 2. The van der Waals surface area contributed by atoms with Gasteiger partial charge in [0.1, 0.15) is 15.0 Å². The number of rotatable bonds is 13. The number of hydrogen-bond acceptors (Lipinski definition) is 11. The molecule has 1 aromatic rings. The van der Waals surface area contributed by atoms with Crippen LogP contribution in [-0.4, -0.2) is 78.8 Å². The standard InChI is InChI=1S/C19H29N3O9S3/c1-4-20-16-11-22(8-5-9-30-3)34(28,29)19-15(16)10-18(32-19)33(26,27)21-17(25)7-6-14(24)12-31-13(2)23/h10,16,20H,4-9,11-12H2,1-3H3,(H,21,25)/t16-/m0/s1. The minimum atomic E-state index is -4.36. The van der Waals surface area contributed by atoms with Crippen molar-refractivity contribution in [3.63, 3.8) is 0 Å². The summed E-state index contributed by atoms with van der Waals surface area (Å²) in [6, 6.07) is 0.847. The molecule has 1 aromatic heterocycles. The third kappa shape index (κ3) is 7.29. The predicted molar refractivity (Wildman–Crippen MR) is 122 cm³/mol. The fourth-order valence-corrected chi connectivity index (χ4v) is 8.14. The number of ether oxygens (including phenoxy) is 2. The second-order valence-electron chi connectivity index (χ2n) is 7.48. The van der Waals surface area contributed by atoms with Crippen LogP contribution in [0.25, 0.3) is 0 Å². The molecule has 0 saturated carbocycles. The van der Waals surface area contributed by atoms with Crippen LogP contribution in [-0.2, 0) is 43.9 Å². The molecule has 12 nitrogen and oxygen atoms in total. The minimum absolute atomic E-state index is 0.0912. The summed E-state index contributed by atoms with van der Waals surface area (Å²) in [5.74, 6) is -2.12. The van der Waals surface area contributed by atoms with Crippen LogP contribution in [0.2, 0.25) is 0 Å². The molecule has 1 aliphatic heterocycles. The number of esters is 1. The van der Waals surface area contributed by atoms with Crippen molar-refractivity contribution in [1.29, 1.82) is 0 Å². The molecule has 2 heterocycles. The lowest BCUT2D eigenvalue weighted by Gasteiger charge is -2.32. The molecular formula is C19H29N3O9S3. The van der Waals surface area contributed by atoms with E-state index in [4.69, 9.17) is 4.74 Å². The lowest BCUT2D eigenvalue weighted by atomic mass is 10.1. The normalized spacial score (nSPS) is 17.7. The lowest BCUT2D eigenvalue weighted by molar-refractivity contribution is -0.145. The van der Waals surface area contributed by atoms with Crippen molar-refractivity contribution in [3.8, 4) is 0 Å². The van der Waals surface area contributed by atoms with Crippen molar-refractivity contribution >= 4 is 49.0 Å². The molecule has 0 unspecified atom stereocenters. The summed E-state index contributed by atoms with van der Waals surface area (Å²) >= 11 is 0.572. The molecule has 1 aliphatic rings. The molecule has 0 bridgehead atoms. The van der Waals surface area contributed by atoms with Gasteiger partial charge in [0.15, 0.2) is 5.78 Å². The fourth-order valence-electron chi connectivity index (χ4n) is 3.24. The molecule has 2 N–H and O–H groups in total. The highest BCUT2D eigenvalue weighted by atomic mass is 32.3. The number of nitrogens with one attached hydrogen (secondary N) is 2. The molecule has 34 heavy (non-hydrogen) atoms. The molecule has 0 saturated heterocycles. The Morgan fingerprint density at radius 2 is 1.97 bits per heavy atom. The average molecular weight is 540 g/mol. The van der Waals surface area contributed by atoms with Crippen LogP contribution in [0.4, 0.5) is 0 Å². The third-order valence-corrected chi connectivity index (χ3v) is 10.2. The summed E-state index contributed by atoms with van der Waals surface area (Å²) in [5, 5.41) is 3.17. The summed E-state index contributed by atoms with van der Waals surface area (Å²) in [6.07, 6.45) is -0.272. The first-order valence-electron chi connectivity index (χ1n) is 10.5. The van der Waals surface area contributed by atoms with E-state index in [2.05, 4.69) is 10.1 Å². The Morgan fingerprint density at radius 1 is 1.26 bits per heavy atom. The zero-order valence-corrected chi connectivity index (χ0v) is 21.6. The molecule has 0 spiro atoms. The number of carbonyl (C=O) groups is 3. The van der Waals surface area contributed by atoms with Gasteiger partial charge in [-0.2, -0.15) is 4.31 Å². The first-order chi connectivity index (χ1) is 15.9. The minimum Gasteiger partial charge on any atom is -0.458 e. The van der Waals surface area contributed by atoms with Gasteiger partial charge in [-0.15, -0.1) is 11.3 Å². The Labute approximate surface area is 203 Å². The number of nitrogens with zero attached hydrogens (tertiary/aromatic N) is 1. The molecule has 192 valence electrons. The van der Waals surface area contributed by atoms with Gasteiger partial charge in [-0.3, -0.25) is 14.4 Å². The van der Waals surface area contributed by atoms with Crippen molar-refractivity contribution < 1.29 is 40.7 Å². The van der Waals surface area contributed by atoms with E-state index < -0.39 is 56.8 Å². The van der Waals surface area contributed by atoms with E-state index in [1.165, 1.54) is 17.5 Å². The van der Waals surface area contributed by atoms with E-state index in [-0.39, 0.29) is 27.9 Å². The molecule has 0 radical (unpaired) electrons. The van der Waals surface area contributed by atoms with Crippen LogP contribution >= 0.6 is 11.3 Å². The van der Waals surface area contributed by atoms with E-state index in [1.54, 1.807) is 0 Å². The van der Waals surface area contributed by atoms with Crippen LogP contribution < -0.4 is 10.0 Å². The van der Waals surface area contributed by atoms with Crippen molar-refractivity contribution in [3.05, 3.63) is 11.6 Å². The Morgan fingerprint density at radius 3 is 2.59 bits per heavy atom. The number of Topliss-reactive ketones (excluding diaryl/α,β-unsaturated/α-hetero) is 1. The highest BCUT2D eigenvalue weighted by Gasteiger charge is 2.40. The van der Waals surface area contributed by atoms with Crippen LogP contribution in [0.15, 0.2) is 14.5 Å². The van der Waals surface area contributed by atoms with Crippen molar-refractivity contribution in [2.45, 2.75) is 47.6 Å². The second-order valence-corrected chi connectivity index (χ2v) is 12.6. The van der Waals surface area contributed by atoms with Crippen molar-refractivity contribution in [1.82, 2.24) is 14.3 Å². The van der Waals surface area contributed by atoms with E-state index in [0.29, 0.717) is 36.5 Å². The molecular weight excluding hydrogens is 510 g/mol. The molecule has 0 aromatic carbocycles. The van der Waals surface area contributed by atoms with Crippen molar-refractivity contribution in [2.75, 3.05) is 40.0 Å². The van der Waals surface area contributed by atoms with Gasteiger partial charge in [0.2, 0.25) is 5.91 Å². The van der Waals surface area contributed by atoms with Gasteiger partial charge in [0, 0.05) is 58.2 Å². The van der Waals surface area contributed by atoms with Gasteiger partial charge in [0.05, 0.1) is 0 Å². The molecule has 0 aliphatic carbocycles. The van der Waals surface area contributed by atoms with Crippen LogP contribution in [0.1, 0.15) is 44.7 Å². The SMILES string of the molecule is CCN[C@H]1CN(CCCOC)S(=O)(=O)c2sc(S(=O)(=O)NC(=O)CCC(=O)COC(C)=O)cc21. The first kappa shape index (κ1) is 28.3. The van der Waals surface area contributed by atoms with Crippen molar-refractivity contribution in [2.24, 2.45) is 0 Å². The second kappa shape index (κ2) is 12.2. The van der Waals surface area contributed by atoms with E-state index in [9.17, 15) is 31.2 Å². The lowest BCUT2D eigenvalue weighted by Crippen LogP contribution is -2.43. The van der Waals surface area contributed by atoms with Crippen LogP contribution in [0.3, 0.4) is 0 Å². The highest BCUT2D eigenvalue weighted by molar-refractivity contribution is 7.94. The Bertz CT molecular complexity index is 1110. The molecule has 1 amide bonds. The van der Waals surface area contributed by atoms with Crippen LogP contribution in [0.5, 0.6) is 0 Å². The summed E-state index contributed by atoms with van der Waals surface area (Å²) in [4.78, 5) is 34.5. The molecule has 2 rings (SSSR count). The predicted octanol–water partition coefficient (Wildman–Crippen LogP) is 0.157. The van der Waals surface area contributed by atoms with Gasteiger partial charge >= 0.3 is 5.97 Å². The summed E-state index contributed by atoms with van der Waals surface area (Å²) < 4.78 is 64.0. The number of hydrogen-bond donors (Lipinski definition) is 2. The van der Waals surface area contributed by atoms with Gasteiger partial charge in [-0.05, 0) is 19.0 Å². The fraction of sp³-hybridized carbons (Fsp3) is 0.632. The maximum absolute atomic E-state index is 13.1. The van der Waals surface area contributed by atoms with Gasteiger partial charge < -0.3 is 14.8 Å². The number of likely N-dealkylation sites (N-methyl/N-ethyl adjacent to an activating group) is 1. The number of fused-ring (bicyclic) bond motifs is 1. The van der Waals surface area contributed by atoms with Gasteiger partial charge in [-0.1, -0.05) is 6.92 Å². The number of amides is 1. The number of thiophene rings is 1. The van der Waals surface area contributed by atoms with Gasteiger partial charge in [-0.25, -0.2) is 21.6 Å². The Kier molecular flexibility index (Phi) is 10.1. The largest absolute Gasteiger partial charge is 0.458 e. The first-order valence-corrected chi connectivity index (χ1v) is 14.2. The zero-order valence-electron chi connectivity index (χ0n) is 19.2. The monoisotopic (exact) mass is 539 g/mol. The average Bonchev–Trinajstić information content (AvgIpc) is 3.22.